The van der Waals surface area contributed by atoms with Crippen molar-refractivity contribution in [1.82, 2.24) is 9.97 Å². The molecule has 0 saturated carbocycles. The second-order valence-corrected chi connectivity index (χ2v) is 5.98. The normalized spacial score (nSPS) is 11.4. The summed E-state index contributed by atoms with van der Waals surface area (Å²) in [5.41, 5.74) is 1.99. The number of rotatable bonds is 6. The second kappa shape index (κ2) is 8.77. The van der Waals surface area contributed by atoms with Crippen molar-refractivity contribution < 1.29 is 19.1 Å². The fourth-order valence-corrected chi connectivity index (χ4v) is 2.59. The average Bonchev–Trinajstić information content (AvgIpc) is 2.73. The molecule has 0 bridgehead atoms. The quantitative estimate of drug-likeness (QED) is 0.663. The molecule has 1 N–H and O–H groups in total. The molecular formula is C21H19N3O4. The zero-order chi connectivity index (χ0) is 19.9. The van der Waals surface area contributed by atoms with Crippen molar-refractivity contribution in [3.8, 4) is 5.75 Å². The summed E-state index contributed by atoms with van der Waals surface area (Å²) in [7, 11) is 1.52. The van der Waals surface area contributed by atoms with E-state index in [0.717, 1.165) is 5.56 Å². The monoisotopic (exact) mass is 377 g/mol. The van der Waals surface area contributed by atoms with Gasteiger partial charge in [-0.25, -0.2) is 9.78 Å². The van der Waals surface area contributed by atoms with Crippen LogP contribution in [0.25, 0.3) is 0 Å². The zero-order valence-corrected chi connectivity index (χ0v) is 15.5. The molecule has 3 rings (SSSR count). The Hall–Kier alpha value is -3.74. The van der Waals surface area contributed by atoms with Gasteiger partial charge in [0.05, 0.1) is 19.0 Å². The largest absolute Gasteiger partial charge is 0.495 e. The molecule has 0 aliphatic heterocycles. The molecule has 1 heterocycles. The van der Waals surface area contributed by atoms with Gasteiger partial charge in [-0.05, 0) is 24.6 Å². The highest BCUT2D eigenvalue weighted by Gasteiger charge is 2.27. The molecule has 1 atom stereocenters. The average molecular weight is 377 g/mol. The van der Waals surface area contributed by atoms with E-state index < -0.39 is 18.0 Å². The Labute approximate surface area is 162 Å². The molecule has 7 heteroatoms. The zero-order valence-electron chi connectivity index (χ0n) is 15.5. The van der Waals surface area contributed by atoms with Crippen molar-refractivity contribution in [1.29, 1.82) is 0 Å². The molecule has 1 amide bonds. The van der Waals surface area contributed by atoms with Gasteiger partial charge in [-0.2, -0.15) is 0 Å². The third kappa shape index (κ3) is 4.50. The lowest BCUT2D eigenvalue weighted by atomic mass is 10.1. The van der Waals surface area contributed by atoms with Crippen molar-refractivity contribution in [2.45, 2.75) is 13.0 Å². The maximum absolute atomic E-state index is 13.0. The highest BCUT2D eigenvalue weighted by Crippen LogP contribution is 2.28. The van der Waals surface area contributed by atoms with Gasteiger partial charge < -0.3 is 14.8 Å². The molecule has 0 fully saturated rings. The maximum Gasteiger partial charge on any atom is 0.359 e. The molecule has 0 aliphatic rings. The van der Waals surface area contributed by atoms with E-state index in [1.54, 1.807) is 36.4 Å². The molecule has 28 heavy (non-hydrogen) atoms. The van der Waals surface area contributed by atoms with E-state index in [9.17, 15) is 9.59 Å². The van der Waals surface area contributed by atoms with E-state index in [2.05, 4.69) is 15.3 Å². The molecule has 0 spiro atoms. The van der Waals surface area contributed by atoms with E-state index >= 15 is 0 Å². The first kappa shape index (κ1) is 19.0. The van der Waals surface area contributed by atoms with Crippen LogP contribution < -0.4 is 10.1 Å². The minimum atomic E-state index is -1.17. The van der Waals surface area contributed by atoms with Gasteiger partial charge in [0, 0.05) is 18.0 Å². The van der Waals surface area contributed by atoms with E-state index in [-0.39, 0.29) is 5.69 Å². The summed E-state index contributed by atoms with van der Waals surface area (Å²) in [5, 5.41) is 2.78. The van der Waals surface area contributed by atoms with Crippen molar-refractivity contribution in [2.75, 3.05) is 12.4 Å². The van der Waals surface area contributed by atoms with Gasteiger partial charge in [-0.15, -0.1) is 0 Å². The molecule has 2 aromatic carbocycles. The number of ether oxygens (including phenoxy) is 2. The standard InChI is InChI=1S/C21H19N3O4/c1-14-8-9-18(27-2)16(12-14)24-20(25)19(15-6-4-3-5-7-15)28-21(26)17-13-22-10-11-23-17/h3-13,19H,1-2H3,(H,24,25)/t19-/m1/s1. The van der Waals surface area contributed by atoms with Crippen LogP contribution in [0.15, 0.2) is 67.1 Å². The number of amides is 1. The number of carbonyl (C=O) groups excluding carboxylic acids is 2. The van der Waals surface area contributed by atoms with E-state index in [1.807, 2.05) is 19.1 Å². The third-order valence-electron chi connectivity index (χ3n) is 3.95. The van der Waals surface area contributed by atoms with Gasteiger partial charge in [0.1, 0.15) is 5.75 Å². The molecule has 0 radical (unpaired) electrons. The van der Waals surface area contributed by atoms with E-state index in [0.29, 0.717) is 17.0 Å². The van der Waals surface area contributed by atoms with Crippen molar-refractivity contribution in [3.05, 3.63) is 83.9 Å². The SMILES string of the molecule is COc1ccc(C)cc1NC(=O)[C@H](OC(=O)c1cnccn1)c1ccccc1. The van der Waals surface area contributed by atoms with Crippen molar-refractivity contribution >= 4 is 17.6 Å². The van der Waals surface area contributed by atoms with Crippen LogP contribution in [-0.4, -0.2) is 29.0 Å². The van der Waals surface area contributed by atoms with Crippen LogP contribution >= 0.6 is 0 Å². The van der Waals surface area contributed by atoms with Crippen LogP contribution in [0, 0.1) is 6.92 Å². The number of benzene rings is 2. The number of hydrogen-bond acceptors (Lipinski definition) is 6. The first-order valence-electron chi connectivity index (χ1n) is 8.56. The summed E-state index contributed by atoms with van der Waals surface area (Å²) in [6.07, 6.45) is 2.95. The predicted molar refractivity (Wildman–Crippen MR) is 103 cm³/mol. The maximum atomic E-state index is 13.0. The summed E-state index contributed by atoms with van der Waals surface area (Å²) in [6.45, 7) is 1.90. The molecule has 3 aromatic rings. The van der Waals surface area contributed by atoms with Crippen molar-refractivity contribution in [2.24, 2.45) is 0 Å². The van der Waals surface area contributed by atoms with Gasteiger partial charge in [-0.1, -0.05) is 36.4 Å². The van der Waals surface area contributed by atoms with E-state index in [4.69, 9.17) is 9.47 Å². The Morgan fingerprint density at radius 2 is 1.86 bits per heavy atom. The van der Waals surface area contributed by atoms with Crippen LogP contribution in [-0.2, 0) is 9.53 Å². The molecule has 0 saturated heterocycles. The van der Waals surface area contributed by atoms with Crippen LogP contribution in [0.2, 0.25) is 0 Å². The number of nitrogens with one attached hydrogen (secondary N) is 1. The molecule has 7 nitrogen and oxygen atoms in total. The van der Waals surface area contributed by atoms with Gasteiger partial charge in [-0.3, -0.25) is 9.78 Å². The smallest absolute Gasteiger partial charge is 0.359 e. The van der Waals surface area contributed by atoms with Crippen LogP contribution in [0.1, 0.15) is 27.7 Å². The first-order chi connectivity index (χ1) is 13.6. The summed E-state index contributed by atoms with van der Waals surface area (Å²) >= 11 is 0. The van der Waals surface area contributed by atoms with E-state index in [1.165, 1.54) is 25.7 Å². The summed E-state index contributed by atoms with van der Waals surface area (Å²) in [6, 6.07) is 14.2. The molecule has 1 aromatic heterocycles. The lowest BCUT2D eigenvalue weighted by molar-refractivity contribution is -0.125. The predicted octanol–water partition coefficient (Wildman–Crippen LogP) is 3.33. The minimum absolute atomic E-state index is 0.0179. The van der Waals surface area contributed by atoms with Crippen LogP contribution in [0.3, 0.4) is 0 Å². The second-order valence-electron chi connectivity index (χ2n) is 5.98. The topological polar surface area (TPSA) is 90.4 Å². The number of aromatic nitrogens is 2. The number of nitrogens with zero attached hydrogens (tertiary/aromatic N) is 2. The van der Waals surface area contributed by atoms with Crippen LogP contribution in [0.4, 0.5) is 5.69 Å². The minimum Gasteiger partial charge on any atom is -0.495 e. The fourth-order valence-electron chi connectivity index (χ4n) is 2.59. The molecular weight excluding hydrogens is 358 g/mol. The first-order valence-corrected chi connectivity index (χ1v) is 8.56. The number of methoxy groups -OCH3 is 1. The lowest BCUT2D eigenvalue weighted by Crippen LogP contribution is -2.26. The highest BCUT2D eigenvalue weighted by atomic mass is 16.5. The highest BCUT2D eigenvalue weighted by molar-refractivity contribution is 5.98. The van der Waals surface area contributed by atoms with Crippen molar-refractivity contribution in [3.63, 3.8) is 0 Å². The summed E-state index contributed by atoms with van der Waals surface area (Å²) in [4.78, 5) is 33.2. The third-order valence-corrected chi connectivity index (χ3v) is 3.95. The Morgan fingerprint density at radius 1 is 1.07 bits per heavy atom. The summed E-state index contributed by atoms with van der Waals surface area (Å²) < 4.78 is 10.8. The van der Waals surface area contributed by atoms with Gasteiger partial charge in [0.2, 0.25) is 6.10 Å². The Morgan fingerprint density at radius 3 is 2.54 bits per heavy atom. The molecule has 0 aliphatic carbocycles. The number of carbonyl (C=O) groups is 2. The van der Waals surface area contributed by atoms with Gasteiger partial charge >= 0.3 is 5.97 Å². The number of hydrogen-bond donors (Lipinski definition) is 1. The summed E-state index contributed by atoms with van der Waals surface area (Å²) in [5.74, 6) is -0.744. The number of anilines is 1. The fraction of sp³-hybridized carbons (Fsp3) is 0.143. The lowest BCUT2D eigenvalue weighted by Gasteiger charge is -2.19. The number of esters is 1. The Kier molecular flexibility index (Phi) is 5.96. The number of aryl methyl sites for hydroxylation is 1. The van der Waals surface area contributed by atoms with Gasteiger partial charge in [0.25, 0.3) is 5.91 Å². The van der Waals surface area contributed by atoms with Crippen LogP contribution in [0.5, 0.6) is 5.75 Å². The van der Waals surface area contributed by atoms with Gasteiger partial charge in [0.15, 0.2) is 5.69 Å². The molecule has 0 unspecified atom stereocenters. The molecule has 142 valence electrons. The Bertz CT molecular complexity index is 962. The Balaban J connectivity index is 1.88.